The number of hydrogen-bond acceptors (Lipinski definition) is 5. The van der Waals surface area contributed by atoms with Gasteiger partial charge in [-0.2, -0.15) is 5.10 Å². The minimum Gasteiger partial charge on any atom is -0.298 e. The Labute approximate surface area is 159 Å². The molecule has 0 spiro atoms. The van der Waals surface area contributed by atoms with Gasteiger partial charge in [-0.3, -0.25) is 18.8 Å². The maximum atomic E-state index is 13.1. The van der Waals surface area contributed by atoms with E-state index in [0.717, 1.165) is 17.5 Å². The van der Waals surface area contributed by atoms with Crippen LogP contribution in [0.5, 0.6) is 0 Å². The molecule has 2 heterocycles. The Hall–Kier alpha value is -3.19. The van der Waals surface area contributed by atoms with E-state index in [0.29, 0.717) is 27.5 Å². The Kier molecular flexibility index (Phi) is 4.60. The van der Waals surface area contributed by atoms with Crippen molar-refractivity contribution < 1.29 is 4.79 Å². The highest BCUT2D eigenvalue weighted by Gasteiger charge is 2.16. The molecule has 4 rings (SSSR count). The molecule has 27 heavy (non-hydrogen) atoms. The predicted octanol–water partition coefficient (Wildman–Crippen LogP) is 3.22. The summed E-state index contributed by atoms with van der Waals surface area (Å²) in [7, 11) is 1.77. The average molecular weight is 376 g/mol. The van der Waals surface area contributed by atoms with Crippen molar-refractivity contribution >= 4 is 29.1 Å². The van der Waals surface area contributed by atoms with Gasteiger partial charge in [0.1, 0.15) is 11.7 Å². The van der Waals surface area contributed by atoms with Crippen LogP contribution in [0.2, 0.25) is 0 Å². The summed E-state index contributed by atoms with van der Waals surface area (Å²) in [6.07, 6.45) is 2.38. The Morgan fingerprint density at radius 3 is 2.70 bits per heavy atom. The molecule has 0 unspecified atom stereocenters. The lowest BCUT2D eigenvalue weighted by Crippen LogP contribution is -2.21. The van der Waals surface area contributed by atoms with Gasteiger partial charge in [0.25, 0.3) is 5.56 Å². The van der Waals surface area contributed by atoms with E-state index in [1.165, 1.54) is 11.8 Å². The first-order valence-corrected chi connectivity index (χ1v) is 9.33. The SMILES string of the molecule is Cn1ncc2c(=O)n(-c3ccccc3)c(SCc3cccc(C=O)c3)nc21. The zero-order chi connectivity index (χ0) is 18.8. The van der Waals surface area contributed by atoms with Gasteiger partial charge in [-0.05, 0) is 23.8 Å². The number of fused-ring (bicyclic) bond motifs is 1. The summed E-state index contributed by atoms with van der Waals surface area (Å²) in [6, 6.07) is 16.8. The molecule has 0 amide bonds. The van der Waals surface area contributed by atoms with E-state index in [-0.39, 0.29) is 5.56 Å². The highest BCUT2D eigenvalue weighted by molar-refractivity contribution is 7.98. The quantitative estimate of drug-likeness (QED) is 0.304. The number of benzene rings is 2. The van der Waals surface area contributed by atoms with Gasteiger partial charge in [0.15, 0.2) is 10.8 Å². The van der Waals surface area contributed by atoms with E-state index in [2.05, 4.69) is 10.1 Å². The second kappa shape index (κ2) is 7.20. The number of rotatable bonds is 5. The third-order valence-electron chi connectivity index (χ3n) is 4.20. The molecule has 0 aliphatic rings. The van der Waals surface area contributed by atoms with Crippen molar-refractivity contribution in [1.82, 2.24) is 19.3 Å². The first kappa shape index (κ1) is 17.2. The summed E-state index contributed by atoms with van der Waals surface area (Å²) in [5.41, 5.74) is 2.77. The van der Waals surface area contributed by atoms with Crippen LogP contribution in [0.15, 0.2) is 70.7 Å². The summed E-state index contributed by atoms with van der Waals surface area (Å²) in [5.74, 6) is 0.588. The zero-order valence-corrected chi connectivity index (χ0v) is 15.4. The van der Waals surface area contributed by atoms with Crippen LogP contribution in [0.1, 0.15) is 15.9 Å². The maximum Gasteiger partial charge on any atom is 0.269 e. The number of para-hydroxylation sites is 1. The van der Waals surface area contributed by atoms with Gasteiger partial charge >= 0.3 is 0 Å². The second-order valence-electron chi connectivity index (χ2n) is 6.03. The van der Waals surface area contributed by atoms with Crippen LogP contribution >= 0.6 is 11.8 Å². The van der Waals surface area contributed by atoms with Gasteiger partial charge in [0, 0.05) is 18.4 Å². The molecule has 0 aliphatic heterocycles. The fraction of sp³-hybridized carbons (Fsp3) is 0.100. The predicted molar refractivity (Wildman–Crippen MR) is 105 cm³/mol. The molecule has 0 N–H and O–H groups in total. The first-order chi connectivity index (χ1) is 13.2. The smallest absolute Gasteiger partial charge is 0.269 e. The Balaban J connectivity index is 1.81. The standard InChI is InChI=1S/C20H16N4O2S/c1-23-18-17(11-21-23)19(26)24(16-8-3-2-4-9-16)20(22-18)27-13-15-7-5-6-14(10-15)12-25/h2-12H,13H2,1H3. The second-order valence-corrected chi connectivity index (χ2v) is 6.97. The molecule has 0 aliphatic carbocycles. The van der Waals surface area contributed by atoms with Crippen molar-refractivity contribution in [3.8, 4) is 5.69 Å². The van der Waals surface area contributed by atoms with Crippen molar-refractivity contribution in [3.63, 3.8) is 0 Å². The van der Waals surface area contributed by atoms with Crippen LogP contribution in [-0.2, 0) is 12.8 Å². The molecule has 2 aromatic carbocycles. The van der Waals surface area contributed by atoms with E-state index in [9.17, 15) is 9.59 Å². The number of carbonyl (C=O) groups is 1. The number of thioether (sulfide) groups is 1. The van der Waals surface area contributed by atoms with Crippen molar-refractivity contribution in [2.24, 2.45) is 7.05 Å². The van der Waals surface area contributed by atoms with E-state index >= 15 is 0 Å². The van der Waals surface area contributed by atoms with Gasteiger partial charge in [-0.25, -0.2) is 4.98 Å². The van der Waals surface area contributed by atoms with Crippen LogP contribution in [0.3, 0.4) is 0 Å². The van der Waals surface area contributed by atoms with Crippen molar-refractivity contribution in [2.45, 2.75) is 10.9 Å². The van der Waals surface area contributed by atoms with Gasteiger partial charge < -0.3 is 0 Å². The lowest BCUT2D eigenvalue weighted by Gasteiger charge is -2.12. The van der Waals surface area contributed by atoms with Crippen molar-refractivity contribution in [3.05, 3.63) is 82.3 Å². The largest absolute Gasteiger partial charge is 0.298 e. The Morgan fingerprint density at radius 2 is 1.93 bits per heavy atom. The number of nitrogens with zero attached hydrogens (tertiary/aromatic N) is 4. The summed E-state index contributed by atoms with van der Waals surface area (Å²) in [6.45, 7) is 0. The molecular weight excluding hydrogens is 360 g/mol. The summed E-state index contributed by atoms with van der Waals surface area (Å²) in [5, 5.41) is 5.23. The number of carbonyl (C=O) groups excluding carboxylic acids is 1. The lowest BCUT2D eigenvalue weighted by atomic mass is 10.2. The number of hydrogen-bond donors (Lipinski definition) is 0. The molecular formula is C20H16N4O2S. The van der Waals surface area contributed by atoms with E-state index in [4.69, 9.17) is 0 Å². The molecule has 0 bridgehead atoms. The highest BCUT2D eigenvalue weighted by atomic mass is 32.2. The van der Waals surface area contributed by atoms with Crippen LogP contribution in [0, 0.1) is 0 Å². The summed E-state index contributed by atoms with van der Waals surface area (Å²) < 4.78 is 3.21. The molecule has 2 aromatic heterocycles. The van der Waals surface area contributed by atoms with Gasteiger partial charge in [-0.15, -0.1) is 0 Å². The van der Waals surface area contributed by atoms with Crippen LogP contribution in [0.25, 0.3) is 16.7 Å². The number of aromatic nitrogens is 4. The summed E-state index contributed by atoms with van der Waals surface area (Å²) >= 11 is 1.45. The molecule has 0 fully saturated rings. The van der Waals surface area contributed by atoms with E-state index in [1.807, 2.05) is 48.5 Å². The Bertz CT molecular complexity index is 1180. The molecule has 4 aromatic rings. The average Bonchev–Trinajstić information content (AvgIpc) is 3.08. The molecule has 134 valence electrons. The van der Waals surface area contributed by atoms with Gasteiger partial charge in [0.05, 0.1) is 11.9 Å². The van der Waals surface area contributed by atoms with E-state index < -0.39 is 0 Å². The minimum atomic E-state index is -0.150. The molecule has 6 nitrogen and oxygen atoms in total. The van der Waals surface area contributed by atoms with Crippen LogP contribution in [-0.4, -0.2) is 25.6 Å². The molecule has 0 atom stereocenters. The minimum absolute atomic E-state index is 0.150. The normalized spacial score (nSPS) is 11.0. The van der Waals surface area contributed by atoms with Gasteiger partial charge in [-0.1, -0.05) is 48.2 Å². The number of aryl methyl sites for hydroxylation is 1. The van der Waals surface area contributed by atoms with Crippen LogP contribution in [0.4, 0.5) is 0 Å². The monoisotopic (exact) mass is 376 g/mol. The molecule has 0 radical (unpaired) electrons. The topological polar surface area (TPSA) is 69.8 Å². The third-order valence-corrected chi connectivity index (χ3v) is 5.21. The fourth-order valence-electron chi connectivity index (χ4n) is 2.87. The fourth-order valence-corrected chi connectivity index (χ4v) is 3.81. The maximum absolute atomic E-state index is 13.1. The van der Waals surface area contributed by atoms with E-state index in [1.54, 1.807) is 28.6 Å². The van der Waals surface area contributed by atoms with Crippen LogP contribution < -0.4 is 5.56 Å². The molecule has 0 saturated heterocycles. The zero-order valence-electron chi connectivity index (χ0n) is 14.6. The van der Waals surface area contributed by atoms with Crippen molar-refractivity contribution in [1.29, 1.82) is 0 Å². The first-order valence-electron chi connectivity index (χ1n) is 8.34. The molecule has 0 saturated carbocycles. The number of aldehydes is 1. The Morgan fingerprint density at radius 1 is 1.11 bits per heavy atom. The summed E-state index contributed by atoms with van der Waals surface area (Å²) in [4.78, 5) is 28.8. The lowest BCUT2D eigenvalue weighted by molar-refractivity contribution is 0.112. The van der Waals surface area contributed by atoms with Crippen molar-refractivity contribution in [2.75, 3.05) is 0 Å². The molecule has 7 heteroatoms. The third kappa shape index (κ3) is 3.29. The highest BCUT2D eigenvalue weighted by Crippen LogP contribution is 2.24. The van der Waals surface area contributed by atoms with Gasteiger partial charge in [0.2, 0.25) is 0 Å².